The number of ether oxygens (including phenoxy) is 2. The summed E-state index contributed by atoms with van der Waals surface area (Å²) in [5, 5.41) is 0. The van der Waals surface area contributed by atoms with Crippen molar-refractivity contribution >= 4 is 11.7 Å². The fourth-order valence-corrected chi connectivity index (χ4v) is 3.55. The number of likely N-dealkylation sites (tertiary alicyclic amines) is 1. The highest BCUT2D eigenvalue weighted by molar-refractivity contribution is 5.98. The first-order valence-electron chi connectivity index (χ1n) is 9.68. The van der Waals surface area contributed by atoms with Crippen LogP contribution in [0.15, 0.2) is 48.5 Å². The molecule has 0 aromatic heterocycles. The van der Waals surface area contributed by atoms with E-state index in [1.807, 2.05) is 31.2 Å². The van der Waals surface area contributed by atoms with Crippen LogP contribution in [0.1, 0.15) is 35.7 Å². The van der Waals surface area contributed by atoms with Crippen molar-refractivity contribution in [3.05, 3.63) is 59.7 Å². The van der Waals surface area contributed by atoms with Gasteiger partial charge in [0.1, 0.15) is 11.5 Å². The van der Waals surface area contributed by atoms with E-state index >= 15 is 0 Å². The summed E-state index contributed by atoms with van der Waals surface area (Å²) in [5.74, 6) is 1.49. The van der Waals surface area contributed by atoms with Crippen LogP contribution < -0.4 is 9.47 Å². The molecule has 1 atom stereocenters. The van der Waals surface area contributed by atoms with E-state index in [-0.39, 0.29) is 17.6 Å². The molecule has 1 heterocycles. The molecule has 0 aliphatic carbocycles. The number of amides is 1. The number of ketones is 1. The Morgan fingerprint density at radius 2 is 1.71 bits per heavy atom. The van der Waals surface area contributed by atoms with E-state index in [9.17, 15) is 9.59 Å². The smallest absolute Gasteiger partial charge is 0.263 e. The first-order chi connectivity index (χ1) is 13.5. The molecule has 1 aliphatic heterocycles. The van der Waals surface area contributed by atoms with Crippen molar-refractivity contribution in [2.24, 2.45) is 5.92 Å². The minimum Gasteiger partial charge on any atom is -0.497 e. The molecule has 0 N–H and O–H groups in total. The molecule has 1 unspecified atom stereocenters. The molecule has 1 amide bonds. The number of hydrogen-bond acceptors (Lipinski definition) is 4. The highest BCUT2D eigenvalue weighted by atomic mass is 16.5. The predicted molar refractivity (Wildman–Crippen MR) is 108 cm³/mol. The minimum atomic E-state index is -0.546. The van der Waals surface area contributed by atoms with Crippen molar-refractivity contribution in [3.8, 4) is 11.5 Å². The summed E-state index contributed by atoms with van der Waals surface area (Å²) >= 11 is 0. The SMILES string of the molecule is COc1ccc(C(=O)C2CCN(C(=O)C(C)Oc3cccc(C)c3)CC2)cc1. The van der Waals surface area contributed by atoms with Crippen LogP contribution in [0.2, 0.25) is 0 Å². The van der Waals surface area contributed by atoms with Crippen LogP contribution in [0.4, 0.5) is 0 Å². The zero-order chi connectivity index (χ0) is 20.1. The molecule has 0 bridgehead atoms. The van der Waals surface area contributed by atoms with Crippen molar-refractivity contribution in [2.75, 3.05) is 20.2 Å². The van der Waals surface area contributed by atoms with Gasteiger partial charge in [-0.3, -0.25) is 9.59 Å². The molecular formula is C23H27NO4. The van der Waals surface area contributed by atoms with Gasteiger partial charge in [0.2, 0.25) is 0 Å². The molecule has 2 aromatic rings. The van der Waals surface area contributed by atoms with Crippen LogP contribution >= 0.6 is 0 Å². The topological polar surface area (TPSA) is 55.8 Å². The van der Waals surface area contributed by atoms with Gasteiger partial charge in [-0.15, -0.1) is 0 Å². The number of aryl methyl sites for hydroxylation is 1. The molecule has 3 rings (SSSR count). The van der Waals surface area contributed by atoms with Crippen LogP contribution in [0.3, 0.4) is 0 Å². The van der Waals surface area contributed by atoms with Crippen LogP contribution in [-0.4, -0.2) is 42.9 Å². The Morgan fingerprint density at radius 3 is 2.32 bits per heavy atom. The molecule has 1 saturated heterocycles. The molecule has 5 nitrogen and oxygen atoms in total. The lowest BCUT2D eigenvalue weighted by Crippen LogP contribution is -2.45. The lowest BCUT2D eigenvalue weighted by molar-refractivity contribution is -0.139. The van der Waals surface area contributed by atoms with Gasteiger partial charge in [0, 0.05) is 24.6 Å². The van der Waals surface area contributed by atoms with Gasteiger partial charge in [-0.05, 0) is 68.7 Å². The van der Waals surface area contributed by atoms with Crippen molar-refractivity contribution in [2.45, 2.75) is 32.8 Å². The lowest BCUT2D eigenvalue weighted by atomic mass is 9.88. The summed E-state index contributed by atoms with van der Waals surface area (Å²) in [6, 6.07) is 14.9. The van der Waals surface area contributed by atoms with E-state index in [1.54, 1.807) is 43.2 Å². The number of carbonyl (C=O) groups excluding carboxylic acids is 2. The van der Waals surface area contributed by atoms with Gasteiger partial charge >= 0.3 is 0 Å². The Hall–Kier alpha value is -2.82. The Balaban J connectivity index is 1.53. The number of carbonyl (C=O) groups is 2. The second-order valence-corrected chi connectivity index (χ2v) is 7.27. The molecule has 0 radical (unpaired) electrons. The lowest BCUT2D eigenvalue weighted by Gasteiger charge is -2.33. The van der Waals surface area contributed by atoms with Crippen molar-refractivity contribution in [1.29, 1.82) is 0 Å². The summed E-state index contributed by atoms with van der Waals surface area (Å²) in [5.41, 5.74) is 1.79. The highest BCUT2D eigenvalue weighted by Crippen LogP contribution is 2.24. The van der Waals surface area contributed by atoms with Gasteiger partial charge in [-0.1, -0.05) is 12.1 Å². The first kappa shape index (κ1) is 19.9. The number of nitrogens with zero attached hydrogens (tertiary/aromatic N) is 1. The largest absolute Gasteiger partial charge is 0.497 e. The zero-order valence-electron chi connectivity index (χ0n) is 16.7. The van der Waals surface area contributed by atoms with E-state index in [4.69, 9.17) is 9.47 Å². The number of benzene rings is 2. The van der Waals surface area contributed by atoms with Crippen molar-refractivity contribution < 1.29 is 19.1 Å². The zero-order valence-corrected chi connectivity index (χ0v) is 16.7. The van der Waals surface area contributed by atoms with Crippen LogP contribution in [-0.2, 0) is 4.79 Å². The second-order valence-electron chi connectivity index (χ2n) is 7.27. The molecule has 28 heavy (non-hydrogen) atoms. The Morgan fingerprint density at radius 1 is 1.04 bits per heavy atom. The molecule has 1 aliphatic rings. The van der Waals surface area contributed by atoms with E-state index in [0.717, 1.165) is 11.3 Å². The van der Waals surface area contributed by atoms with Crippen LogP contribution in [0.5, 0.6) is 11.5 Å². The number of hydrogen-bond donors (Lipinski definition) is 0. The third kappa shape index (κ3) is 4.71. The Kier molecular flexibility index (Phi) is 6.34. The van der Waals surface area contributed by atoms with E-state index < -0.39 is 6.10 Å². The fraction of sp³-hybridized carbons (Fsp3) is 0.391. The molecule has 2 aromatic carbocycles. The summed E-state index contributed by atoms with van der Waals surface area (Å²) in [4.78, 5) is 27.2. The normalized spacial score (nSPS) is 15.8. The molecule has 0 saturated carbocycles. The van der Waals surface area contributed by atoms with E-state index in [2.05, 4.69) is 0 Å². The monoisotopic (exact) mass is 381 g/mol. The van der Waals surface area contributed by atoms with E-state index in [1.165, 1.54) is 0 Å². The van der Waals surface area contributed by atoms with Gasteiger partial charge in [0.05, 0.1) is 7.11 Å². The van der Waals surface area contributed by atoms with Gasteiger partial charge in [0.25, 0.3) is 5.91 Å². The maximum absolute atomic E-state index is 12.7. The summed E-state index contributed by atoms with van der Waals surface area (Å²) in [6.45, 7) is 4.92. The van der Waals surface area contributed by atoms with Crippen molar-refractivity contribution in [3.63, 3.8) is 0 Å². The maximum Gasteiger partial charge on any atom is 0.263 e. The van der Waals surface area contributed by atoms with Gasteiger partial charge in [-0.2, -0.15) is 0 Å². The average Bonchev–Trinajstić information content (AvgIpc) is 2.73. The Labute approximate surface area is 166 Å². The minimum absolute atomic E-state index is 0.0307. The summed E-state index contributed by atoms with van der Waals surface area (Å²) in [7, 11) is 1.60. The quantitative estimate of drug-likeness (QED) is 0.713. The standard InChI is InChI=1S/C23H27NO4/c1-16-5-4-6-21(15-16)28-17(2)23(26)24-13-11-19(12-14-24)22(25)18-7-9-20(27-3)10-8-18/h4-10,15,17,19H,11-14H2,1-3H3. The van der Waals surface area contributed by atoms with E-state index in [0.29, 0.717) is 37.2 Å². The number of piperidine rings is 1. The predicted octanol–water partition coefficient (Wildman–Crippen LogP) is 3.89. The fourth-order valence-electron chi connectivity index (χ4n) is 3.55. The molecule has 148 valence electrons. The van der Waals surface area contributed by atoms with Gasteiger partial charge < -0.3 is 14.4 Å². The highest BCUT2D eigenvalue weighted by Gasteiger charge is 2.30. The molecule has 1 fully saturated rings. The third-order valence-electron chi connectivity index (χ3n) is 5.20. The summed E-state index contributed by atoms with van der Waals surface area (Å²) < 4.78 is 10.9. The summed E-state index contributed by atoms with van der Waals surface area (Å²) in [6.07, 6.45) is 0.803. The first-order valence-corrected chi connectivity index (χ1v) is 9.68. The molecule has 5 heteroatoms. The third-order valence-corrected chi connectivity index (χ3v) is 5.20. The maximum atomic E-state index is 12.7. The van der Waals surface area contributed by atoms with Crippen LogP contribution in [0, 0.1) is 12.8 Å². The molecule has 0 spiro atoms. The number of rotatable bonds is 6. The number of methoxy groups -OCH3 is 1. The Bertz CT molecular complexity index is 823. The second kappa shape index (κ2) is 8.91. The van der Waals surface area contributed by atoms with Crippen LogP contribution in [0.25, 0.3) is 0 Å². The van der Waals surface area contributed by atoms with Crippen molar-refractivity contribution in [1.82, 2.24) is 4.90 Å². The molecular weight excluding hydrogens is 354 g/mol. The average molecular weight is 381 g/mol. The van der Waals surface area contributed by atoms with Gasteiger partial charge in [0.15, 0.2) is 11.9 Å². The number of Topliss-reactive ketones (excluding diaryl/α,β-unsaturated/α-hetero) is 1. The van der Waals surface area contributed by atoms with Gasteiger partial charge in [-0.25, -0.2) is 0 Å².